The van der Waals surface area contributed by atoms with Crippen LogP contribution in [0.3, 0.4) is 0 Å². The highest BCUT2D eigenvalue weighted by Crippen LogP contribution is 2.20. The Bertz CT molecular complexity index is 552. The lowest BCUT2D eigenvalue weighted by atomic mass is 9.98. The highest BCUT2D eigenvalue weighted by atomic mass is 16.2. The molecule has 1 fully saturated rings. The van der Waals surface area contributed by atoms with E-state index in [0.29, 0.717) is 13.0 Å². The predicted molar refractivity (Wildman–Crippen MR) is 82.5 cm³/mol. The van der Waals surface area contributed by atoms with E-state index in [1.165, 1.54) is 5.56 Å². The molecular formula is C17H22N2O2. The molecule has 0 aromatic heterocycles. The Balaban J connectivity index is 2.03. The first-order valence-electron chi connectivity index (χ1n) is 7.26. The zero-order valence-corrected chi connectivity index (χ0v) is 12.6. The number of benzene rings is 1. The SMILES string of the molecule is CC1(C)C(=O)NCCN1Cc1ccc(C#CCCO)cc1. The first-order chi connectivity index (χ1) is 10.0. The summed E-state index contributed by atoms with van der Waals surface area (Å²) in [5.74, 6) is 6.00. The zero-order chi connectivity index (χ0) is 15.3. The molecule has 1 aromatic rings. The third kappa shape index (κ3) is 3.84. The molecule has 4 heteroatoms. The average Bonchev–Trinajstić information content (AvgIpc) is 2.46. The van der Waals surface area contributed by atoms with Gasteiger partial charge in [0.2, 0.25) is 5.91 Å². The third-order valence-electron chi connectivity index (χ3n) is 3.81. The monoisotopic (exact) mass is 286 g/mol. The lowest BCUT2D eigenvalue weighted by molar-refractivity contribution is -0.135. The van der Waals surface area contributed by atoms with Gasteiger partial charge in [0.25, 0.3) is 0 Å². The lowest BCUT2D eigenvalue weighted by Crippen LogP contribution is -2.61. The van der Waals surface area contributed by atoms with Gasteiger partial charge in [0.1, 0.15) is 0 Å². The Morgan fingerprint density at radius 2 is 2.05 bits per heavy atom. The van der Waals surface area contributed by atoms with Crippen molar-refractivity contribution < 1.29 is 9.90 Å². The quantitative estimate of drug-likeness (QED) is 0.819. The van der Waals surface area contributed by atoms with Gasteiger partial charge in [-0.15, -0.1) is 0 Å². The molecule has 4 nitrogen and oxygen atoms in total. The Kier molecular flexibility index (Phi) is 5.00. The molecule has 0 aliphatic carbocycles. The molecule has 2 N–H and O–H groups in total. The second kappa shape index (κ2) is 6.75. The normalized spacial score (nSPS) is 17.8. The van der Waals surface area contributed by atoms with Gasteiger partial charge in [0.15, 0.2) is 0 Å². The van der Waals surface area contributed by atoms with Crippen molar-refractivity contribution in [3.63, 3.8) is 0 Å². The number of nitrogens with zero attached hydrogens (tertiary/aromatic N) is 1. The summed E-state index contributed by atoms with van der Waals surface area (Å²) >= 11 is 0. The summed E-state index contributed by atoms with van der Waals surface area (Å²) in [7, 11) is 0. The summed E-state index contributed by atoms with van der Waals surface area (Å²) in [6, 6.07) is 8.06. The second-order valence-electron chi connectivity index (χ2n) is 5.71. The average molecular weight is 286 g/mol. The summed E-state index contributed by atoms with van der Waals surface area (Å²) < 4.78 is 0. The van der Waals surface area contributed by atoms with Crippen molar-refractivity contribution in [3.05, 3.63) is 35.4 Å². The summed E-state index contributed by atoms with van der Waals surface area (Å²) in [6.07, 6.45) is 0.499. The van der Waals surface area contributed by atoms with Crippen molar-refractivity contribution in [1.29, 1.82) is 0 Å². The molecule has 1 saturated heterocycles. The largest absolute Gasteiger partial charge is 0.395 e. The maximum Gasteiger partial charge on any atom is 0.240 e. The van der Waals surface area contributed by atoms with Crippen molar-refractivity contribution >= 4 is 5.91 Å². The first-order valence-corrected chi connectivity index (χ1v) is 7.26. The molecule has 1 aromatic carbocycles. The summed E-state index contributed by atoms with van der Waals surface area (Å²) in [5, 5.41) is 11.6. The van der Waals surface area contributed by atoms with Crippen LogP contribution in [0.5, 0.6) is 0 Å². The Labute approximate surface area is 126 Å². The van der Waals surface area contributed by atoms with Gasteiger partial charge in [-0.3, -0.25) is 9.69 Å². The molecule has 0 spiro atoms. The molecule has 0 unspecified atom stereocenters. The smallest absolute Gasteiger partial charge is 0.240 e. The third-order valence-corrected chi connectivity index (χ3v) is 3.81. The summed E-state index contributed by atoms with van der Waals surface area (Å²) in [5.41, 5.74) is 1.64. The molecule has 2 rings (SSSR count). The summed E-state index contributed by atoms with van der Waals surface area (Å²) in [4.78, 5) is 14.1. The van der Waals surface area contributed by atoms with E-state index in [9.17, 15) is 4.79 Å². The lowest BCUT2D eigenvalue weighted by Gasteiger charge is -2.41. The van der Waals surface area contributed by atoms with Crippen LogP contribution in [-0.4, -0.2) is 41.1 Å². The van der Waals surface area contributed by atoms with Crippen LogP contribution in [0.15, 0.2) is 24.3 Å². The molecule has 1 aliphatic heterocycles. The number of hydrogen-bond donors (Lipinski definition) is 2. The number of carbonyl (C=O) groups is 1. The molecule has 0 atom stereocenters. The van der Waals surface area contributed by atoms with Gasteiger partial charge in [-0.25, -0.2) is 0 Å². The van der Waals surface area contributed by atoms with Crippen LogP contribution in [0.1, 0.15) is 31.4 Å². The predicted octanol–water partition coefficient (Wildman–Crippen LogP) is 1.13. The van der Waals surface area contributed by atoms with Crippen molar-refractivity contribution in [2.75, 3.05) is 19.7 Å². The molecule has 1 heterocycles. The van der Waals surface area contributed by atoms with E-state index in [0.717, 1.165) is 18.7 Å². The van der Waals surface area contributed by atoms with Crippen LogP contribution >= 0.6 is 0 Å². The van der Waals surface area contributed by atoms with Gasteiger partial charge in [-0.1, -0.05) is 24.0 Å². The summed E-state index contributed by atoms with van der Waals surface area (Å²) in [6.45, 7) is 6.32. The van der Waals surface area contributed by atoms with Gasteiger partial charge in [-0.2, -0.15) is 0 Å². The van der Waals surface area contributed by atoms with Crippen LogP contribution in [0.4, 0.5) is 0 Å². The number of aliphatic hydroxyl groups is 1. The number of piperazine rings is 1. The number of carbonyl (C=O) groups excluding carboxylic acids is 1. The molecule has 0 radical (unpaired) electrons. The first kappa shape index (κ1) is 15.6. The molecule has 1 aliphatic rings. The fraction of sp³-hybridized carbons (Fsp3) is 0.471. The Morgan fingerprint density at radius 3 is 2.71 bits per heavy atom. The van der Waals surface area contributed by atoms with E-state index in [4.69, 9.17) is 5.11 Å². The van der Waals surface area contributed by atoms with Crippen LogP contribution < -0.4 is 5.32 Å². The van der Waals surface area contributed by atoms with Crippen molar-refractivity contribution in [1.82, 2.24) is 10.2 Å². The van der Waals surface area contributed by atoms with Gasteiger partial charge < -0.3 is 10.4 Å². The maximum atomic E-state index is 11.9. The Hall–Kier alpha value is -1.83. The Morgan fingerprint density at radius 1 is 1.33 bits per heavy atom. The van der Waals surface area contributed by atoms with E-state index in [1.807, 2.05) is 38.1 Å². The molecule has 0 saturated carbocycles. The minimum atomic E-state index is -0.474. The molecular weight excluding hydrogens is 264 g/mol. The highest BCUT2D eigenvalue weighted by Gasteiger charge is 2.37. The van der Waals surface area contributed by atoms with Crippen LogP contribution in [0, 0.1) is 11.8 Å². The van der Waals surface area contributed by atoms with E-state index in [-0.39, 0.29) is 12.5 Å². The molecule has 112 valence electrons. The van der Waals surface area contributed by atoms with Crippen LogP contribution in [0.25, 0.3) is 0 Å². The van der Waals surface area contributed by atoms with E-state index < -0.39 is 5.54 Å². The van der Waals surface area contributed by atoms with Gasteiger partial charge >= 0.3 is 0 Å². The van der Waals surface area contributed by atoms with E-state index >= 15 is 0 Å². The fourth-order valence-corrected chi connectivity index (χ4v) is 2.35. The highest BCUT2D eigenvalue weighted by molar-refractivity contribution is 5.86. The van der Waals surface area contributed by atoms with Gasteiger partial charge in [0.05, 0.1) is 12.1 Å². The van der Waals surface area contributed by atoms with Gasteiger partial charge in [-0.05, 0) is 31.5 Å². The fourth-order valence-electron chi connectivity index (χ4n) is 2.35. The van der Waals surface area contributed by atoms with Crippen LogP contribution in [-0.2, 0) is 11.3 Å². The van der Waals surface area contributed by atoms with Gasteiger partial charge in [0, 0.05) is 31.6 Å². The minimum Gasteiger partial charge on any atom is -0.395 e. The van der Waals surface area contributed by atoms with E-state index in [2.05, 4.69) is 22.1 Å². The zero-order valence-electron chi connectivity index (χ0n) is 12.6. The molecule has 1 amide bonds. The second-order valence-corrected chi connectivity index (χ2v) is 5.71. The van der Waals surface area contributed by atoms with Crippen molar-refractivity contribution in [2.24, 2.45) is 0 Å². The van der Waals surface area contributed by atoms with Crippen LogP contribution in [0.2, 0.25) is 0 Å². The number of hydrogen-bond acceptors (Lipinski definition) is 3. The number of rotatable bonds is 3. The number of aliphatic hydroxyl groups excluding tert-OH is 1. The van der Waals surface area contributed by atoms with Crippen molar-refractivity contribution in [3.8, 4) is 11.8 Å². The maximum absolute atomic E-state index is 11.9. The molecule has 0 bridgehead atoms. The standard InChI is InChI=1S/C17H22N2O2/c1-17(2)16(21)18-10-11-19(17)13-15-8-6-14(7-9-15)5-3-4-12-20/h6-9,20H,4,10-13H2,1-2H3,(H,18,21). The number of amides is 1. The van der Waals surface area contributed by atoms with Crippen molar-refractivity contribution in [2.45, 2.75) is 32.4 Å². The van der Waals surface area contributed by atoms with E-state index in [1.54, 1.807) is 0 Å². The topological polar surface area (TPSA) is 52.6 Å². The molecule has 21 heavy (non-hydrogen) atoms. The number of nitrogens with one attached hydrogen (secondary N) is 1. The minimum absolute atomic E-state index is 0.0836.